The Morgan fingerprint density at radius 3 is 2.65 bits per heavy atom. The molecule has 0 spiro atoms. The summed E-state index contributed by atoms with van der Waals surface area (Å²) < 4.78 is 2.21. The van der Waals surface area contributed by atoms with Crippen LogP contribution in [0, 0.1) is 5.92 Å². The number of rotatable bonds is 4. The van der Waals surface area contributed by atoms with Crippen LogP contribution in [-0.2, 0) is 6.54 Å². The molecule has 0 amide bonds. The summed E-state index contributed by atoms with van der Waals surface area (Å²) in [5.74, 6) is 2.02. The van der Waals surface area contributed by atoms with Gasteiger partial charge in [0.1, 0.15) is 5.82 Å². The number of nitrogens with zero attached hydrogens (tertiary/aromatic N) is 3. The van der Waals surface area contributed by atoms with E-state index in [2.05, 4.69) is 56.3 Å². The maximum Gasteiger partial charge on any atom is 0.127 e. The minimum atomic E-state index is 0.781. The van der Waals surface area contributed by atoms with E-state index >= 15 is 0 Å². The quantitative estimate of drug-likeness (QED) is 0.942. The molecule has 0 radical (unpaired) electrons. The van der Waals surface area contributed by atoms with Crippen LogP contribution in [0.5, 0.6) is 0 Å². The minimum Gasteiger partial charge on any atom is -0.314 e. The standard InChI is InChI=1S/C19H26N4/c1-2-5-17(6-3-1)23-14-11-21-19(23)15-22-12-8-16(9-13-22)18-7-4-10-20-18/h1-3,5-6,11,14,16,18,20H,4,7-10,12-13,15H2. The van der Waals surface area contributed by atoms with E-state index in [1.165, 1.54) is 51.0 Å². The van der Waals surface area contributed by atoms with Gasteiger partial charge in [0.05, 0.1) is 6.54 Å². The summed E-state index contributed by atoms with van der Waals surface area (Å²) in [5, 5.41) is 3.68. The van der Waals surface area contributed by atoms with E-state index in [0.717, 1.165) is 24.3 Å². The van der Waals surface area contributed by atoms with Crippen molar-refractivity contribution in [3.8, 4) is 5.69 Å². The first-order chi connectivity index (χ1) is 11.4. The van der Waals surface area contributed by atoms with Crippen molar-refractivity contribution in [1.29, 1.82) is 0 Å². The molecule has 122 valence electrons. The highest BCUT2D eigenvalue weighted by molar-refractivity contribution is 5.32. The largest absolute Gasteiger partial charge is 0.314 e. The molecule has 3 heterocycles. The first-order valence-electron chi connectivity index (χ1n) is 8.93. The number of likely N-dealkylation sites (tertiary alicyclic amines) is 1. The molecule has 1 atom stereocenters. The third-order valence-electron chi connectivity index (χ3n) is 5.42. The maximum atomic E-state index is 4.59. The van der Waals surface area contributed by atoms with Gasteiger partial charge >= 0.3 is 0 Å². The lowest BCUT2D eigenvalue weighted by Crippen LogP contribution is -2.40. The summed E-state index contributed by atoms with van der Waals surface area (Å²) in [6.45, 7) is 4.57. The van der Waals surface area contributed by atoms with Crippen molar-refractivity contribution in [2.45, 2.75) is 38.3 Å². The number of piperidine rings is 1. The Morgan fingerprint density at radius 2 is 1.91 bits per heavy atom. The first-order valence-corrected chi connectivity index (χ1v) is 8.93. The fourth-order valence-corrected chi connectivity index (χ4v) is 4.10. The Balaban J connectivity index is 1.38. The van der Waals surface area contributed by atoms with Crippen molar-refractivity contribution in [2.75, 3.05) is 19.6 Å². The zero-order valence-electron chi connectivity index (χ0n) is 13.7. The molecule has 4 nitrogen and oxygen atoms in total. The molecule has 0 bridgehead atoms. The molecule has 4 heteroatoms. The maximum absolute atomic E-state index is 4.59. The van der Waals surface area contributed by atoms with Crippen LogP contribution in [0.3, 0.4) is 0 Å². The molecular weight excluding hydrogens is 284 g/mol. The van der Waals surface area contributed by atoms with Crippen LogP contribution in [0.1, 0.15) is 31.5 Å². The van der Waals surface area contributed by atoms with Gasteiger partial charge in [-0.2, -0.15) is 0 Å². The zero-order chi connectivity index (χ0) is 15.5. The van der Waals surface area contributed by atoms with E-state index in [1.807, 2.05) is 6.20 Å². The third-order valence-corrected chi connectivity index (χ3v) is 5.42. The lowest BCUT2D eigenvalue weighted by atomic mass is 9.88. The Kier molecular flexibility index (Phi) is 4.44. The normalized spacial score (nSPS) is 23.4. The van der Waals surface area contributed by atoms with Crippen LogP contribution in [0.2, 0.25) is 0 Å². The number of imidazole rings is 1. The Morgan fingerprint density at radius 1 is 1.09 bits per heavy atom. The lowest BCUT2D eigenvalue weighted by Gasteiger charge is -2.34. The third kappa shape index (κ3) is 3.33. The van der Waals surface area contributed by atoms with Crippen molar-refractivity contribution >= 4 is 0 Å². The topological polar surface area (TPSA) is 33.1 Å². The molecule has 2 saturated heterocycles. The van der Waals surface area contributed by atoms with E-state index in [1.54, 1.807) is 0 Å². The second-order valence-corrected chi connectivity index (χ2v) is 6.87. The van der Waals surface area contributed by atoms with E-state index in [4.69, 9.17) is 0 Å². The SMILES string of the molecule is c1ccc(-n2ccnc2CN2CCC(C3CCCN3)CC2)cc1. The van der Waals surface area contributed by atoms with E-state index in [0.29, 0.717) is 0 Å². The molecule has 23 heavy (non-hydrogen) atoms. The van der Waals surface area contributed by atoms with Gasteiger partial charge in [0.15, 0.2) is 0 Å². The number of nitrogens with one attached hydrogen (secondary N) is 1. The number of benzene rings is 1. The van der Waals surface area contributed by atoms with Gasteiger partial charge in [-0.3, -0.25) is 4.90 Å². The van der Waals surface area contributed by atoms with Gasteiger partial charge in [0.2, 0.25) is 0 Å². The minimum absolute atomic E-state index is 0.781. The second-order valence-electron chi connectivity index (χ2n) is 6.87. The van der Waals surface area contributed by atoms with Crippen LogP contribution < -0.4 is 5.32 Å². The highest BCUT2D eigenvalue weighted by Gasteiger charge is 2.28. The Hall–Kier alpha value is -1.65. The highest BCUT2D eigenvalue weighted by atomic mass is 15.2. The summed E-state index contributed by atoms with van der Waals surface area (Å²) >= 11 is 0. The van der Waals surface area contributed by atoms with Crippen LogP contribution in [-0.4, -0.2) is 40.1 Å². The number of hydrogen-bond acceptors (Lipinski definition) is 3. The summed E-state index contributed by atoms with van der Waals surface area (Å²) in [6.07, 6.45) is 9.37. The van der Waals surface area contributed by atoms with Gasteiger partial charge < -0.3 is 9.88 Å². The molecule has 1 unspecified atom stereocenters. The van der Waals surface area contributed by atoms with Gasteiger partial charge in [0, 0.05) is 24.1 Å². The van der Waals surface area contributed by atoms with Crippen molar-refractivity contribution in [1.82, 2.24) is 19.8 Å². The molecule has 2 aliphatic heterocycles. The van der Waals surface area contributed by atoms with E-state index in [-0.39, 0.29) is 0 Å². The molecule has 1 aromatic carbocycles. The predicted molar refractivity (Wildman–Crippen MR) is 92.6 cm³/mol. The molecule has 2 aliphatic rings. The molecule has 0 aliphatic carbocycles. The van der Waals surface area contributed by atoms with E-state index in [9.17, 15) is 0 Å². The predicted octanol–water partition coefficient (Wildman–Crippen LogP) is 2.84. The van der Waals surface area contributed by atoms with Crippen LogP contribution in [0.4, 0.5) is 0 Å². The van der Waals surface area contributed by atoms with Gasteiger partial charge in [-0.1, -0.05) is 18.2 Å². The van der Waals surface area contributed by atoms with Crippen LogP contribution >= 0.6 is 0 Å². The van der Waals surface area contributed by atoms with Crippen molar-refractivity contribution in [3.63, 3.8) is 0 Å². The fraction of sp³-hybridized carbons (Fsp3) is 0.526. The average Bonchev–Trinajstić information content (AvgIpc) is 3.28. The van der Waals surface area contributed by atoms with Crippen molar-refractivity contribution in [3.05, 3.63) is 48.5 Å². The smallest absolute Gasteiger partial charge is 0.127 e. The first kappa shape index (κ1) is 14.9. The van der Waals surface area contributed by atoms with Gasteiger partial charge in [-0.15, -0.1) is 0 Å². The summed E-state index contributed by atoms with van der Waals surface area (Å²) in [7, 11) is 0. The molecule has 1 N–H and O–H groups in total. The van der Waals surface area contributed by atoms with Crippen LogP contribution in [0.15, 0.2) is 42.7 Å². The van der Waals surface area contributed by atoms with Gasteiger partial charge in [-0.25, -0.2) is 4.98 Å². The Labute approximate surface area is 138 Å². The molecule has 2 fully saturated rings. The molecule has 4 rings (SSSR count). The van der Waals surface area contributed by atoms with Crippen molar-refractivity contribution in [2.24, 2.45) is 5.92 Å². The fourth-order valence-electron chi connectivity index (χ4n) is 4.10. The number of aromatic nitrogens is 2. The monoisotopic (exact) mass is 310 g/mol. The molecule has 1 aromatic heterocycles. The summed E-state index contributed by atoms with van der Waals surface area (Å²) in [6, 6.07) is 11.3. The summed E-state index contributed by atoms with van der Waals surface area (Å²) in [4.78, 5) is 7.15. The lowest BCUT2D eigenvalue weighted by molar-refractivity contribution is 0.154. The molecular formula is C19H26N4. The Bertz CT molecular complexity index is 607. The van der Waals surface area contributed by atoms with Gasteiger partial charge in [0.25, 0.3) is 0 Å². The van der Waals surface area contributed by atoms with Crippen LogP contribution in [0.25, 0.3) is 5.69 Å². The van der Waals surface area contributed by atoms with Gasteiger partial charge in [-0.05, 0) is 63.4 Å². The van der Waals surface area contributed by atoms with Crippen molar-refractivity contribution < 1.29 is 0 Å². The average molecular weight is 310 g/mol. The number of para-hydroxylation sites is 1. The molecule has 2 aromatic rings. The van der Waals surface area contributed by atoms with E-state index < -0.39 is 0 Å². The molecule has 0 saturated carbocycles. The highest BCUT2D eigenvalue weighted by Crippen LogP contribution is 2.26. The second kappa shape index (κ2) is 6.85. The zero-order valence-corrected chi connectivity index (χ0v) is 13.7. The summed E-state index contributed by atoms with van der Waals surface area (Å²) in [5.41, 5.74) is 1.20. The number of hydrogen-bond donors (Lipinski definition) is 1.